The topological polar surface area (TPSA) is 88.5 Å². The first-order valence-corrected chi connectivity index (χ1v) is 11.7. The van der Waals surface area contributed by atoms with Gasteiger partial charge in [-0.1, -0.05) is 24.3 Å². The van der Waals surface area contributed by atoms with Crippen molar-refractivity contribution in [3.05, 3.63) is 90.1 Å². The van der Waals surface area contributed by atoms with E-state index in [1.807, 2.05) is 54.6 Å². The number of hydrogen-bond acceptors (Lipinski definition) is 5. The van der Waals surface area contributed by atoms with Crippen LogP contribution in [0.4, 0.5) is 5.69 Å². The van der Waals surface area contributed by atoms with E-state index in [2.05, 4.69) is 20.6 Å². The summed E-state index contributed by atoms with van der Waals surface area (Å²) in [5, 5.41) is 11.4. The maximum absolute atomic E-state index is 12.8. The van der Waals surface area contributed by atoms with Crippen molar-refractivity contribution in [2.75, 3.05) is 44.7 Å². The number of carbonyl (C=O) groups is 2. The van der Waals surface area contributed by atoms with Crippen molar-refractivity contribution in [2.45, 2.75) is 0 Å². The molecule has 1 saturated heterocycles. The van der Waals surface area contributed by atoms with Crippen LogP contribution in [0.2, 0.25) is 0 Å². The second-order valence-corrected chi connectivity index (χ2v) is 8.41. The zero-order valence-electron chi connectivity index (χ0n) is 19.3. The van der Waals surface area contributed by atoms with Gasteiger partial charge in [0.05, 0.1) is 30.6 Å². The van der Waals surface area contributed by atoms with E-state index in [9.17, 15) is 9.59 Å². The summed E-state index contributed by atoms with van der Waals surface area (Å²) in [7, 11) is 0. The molecule has 2 amide bonds. The Kier molecular flexibility index (Phi) is 6.83. The average molecular weight is 470 g/mol. The third kappa shape index (κ3) is 5.40. The quantitative estimate of drug-likeness (QED) is 0.434. The Morgan fingerprint density at radius 2 is 1.69 bits per heavy atom. The number of carbonyl (C=O) groups excluding carboxylic acids is 2. The van der Waals surface area contributed by atoms with Crippen molar-refractivity contribution in [1.29, 1.82) is 0 Å². The van der Waals surface area contributed by atoms with E-state index in [0.717, 1.165) is 49.4 Å². The highest BCUT2D eigenvalue weighted by atomic mass is 16.5. The summed E-state index contributed by atoms with van der Waals surface area (Å²) in [6, 6.07) is 22.1. The summed E-state index contributed by atoms with van der Waals surface area (Å²) >= 11 is 0. The van der Waals surface area contributed by atoms with Crippen molar-refractivity contribution in [3.63, 3.8) is 0 Å². The van der Waals surface area contributed by atoms with E-state index in [-0.39, 0.29) is 11.8 Å². The minimum Gasteiger partial charge on any atom is -0.379 e. The van der Waals surface area contributed by atoms with Gasteiger partial charge in [-0.3, -0.25) is 14.5 Å². The summed E-state index contributed by atoms with van der Waals surface area (Å²) in [6.45, 7) is 4.66. The maximum atomic E-state index is 12.8. The lowest BCUT2D eigenvalue weighted by molar-refractivity contribution is 0.0383. The zero-order valence-corrected chi connectivity index (χ0v) is 19.3. The number of anilines is 1. The third-order valence-electron chi connectivity index (χ3n) is 6.03. The molecule has 4 aromatic rings. The van der Waals surface area contributed by atoms with Crippen LogP contribution in [0.15, 0.2) is 79.0 Å². The molecule has 3 aromatic carbocycles. The number of benzene rings is 3. The van der Waals surface area contributed by atoms with Crippen molar-refractivity contribution in [2.24, 2.45) is 0 Å². The molecule has 1 aromatic heterocycles. The van der Waals surface area contributed by atoms with Gasteiger partial charge in [-0.25, -0.2) is 4.68 Å². The van der Waals surface area contributed by atoms with E-state index in [0.29, 0.717) is 23.4 Å². The lowest BCUT2D eigenvalue weighted by Gasteiger charge is -2.26. The molecule has 8 nitrogen and oxygen atoms in total. The van der Waals surface area contributed by atoms with Gasteiger partial charge >= 0.3 is 0 Å². The Hall–Kier alpha value is -4.01. The van der Waals surface area contributed by atoms with Crippen LogP contribution in [0.1, 0.15) is 20.7 Å². The van der Waals surface area contributed by atoms with Crippen LogP contribution in [0, 0.1) is 0 Å². The number of morpholine rings is 1. The smallest absolute Gasteiger partial charge is 0.255 e. The molecule has 2 heterocycles. The molecule has 35 heavy (non-hydrogen) atoms. The van der Waals surface area contributed by atoms with Crippen LogP contribution < -0.4 is 10.6 Å². The predicted molar refractivity (Wildman–Crippen MR) is 135 cm³/mol. The first-order chi connectivity index (χ1) is 17.2. The van der Waals surface area contributed by atoms with E-state index in [4.69, 9.17) is 4.74 Å². The molecular formula is C27H27N5O3. The largest absolute Gasteiger partial charge is 0.379 e. The summed E-state index contributed by atoms with van der Waals surface area (Å²) in [5.41, 5.74) is 3.44. The average Bonchev–Trinajstić information content (AvgIpc) is 3.33. The molecule has 1 aliphatic rings. The molecule has 0 bridgehead atoms. The summed E-state index contributed by atoms with van der Waals surface area (Å²) in [6.07, 6.45) is 1.77. The number of amides is 2. The molecule has 8 heteroatoms. The van der Waals surface area contributed by atoms with Gasteiger partial charge < -0.3 is 15.4 Å². The SMILES string of the molecule is O=C(NCCN1CCOCC1)c1cccc(-n2ncc3ccc(NC(=O)c4ccccc4)cc32)c1. The third-order valence-corrected chi connectivity index (χ3v) is 6.03. The fourth-order valence-corrected chi connectivity index (χ4v) is 4.13. The molecule has 0 aliphatic carbocycles. The van der Waals surface area contributed by atoms with E-state index < -0.39 is 0 Å². The molecule has 2 N–H and O–H groups in total. The molecule has 5 rings (SSSR count). The van der Waals surface area contributed by atoms with Crippen molar-refractivity contribution in [3.8, 4) is 5.69 Å². The molecule has 178 valence electrons. The van der Waals surface area contributed by atoms with E-state index in [1.54, 1.807) is 29.1 Å². The number of aromatic nitrogens is 2. The normalized spacial score (nSPS) is 14.1. The fourth-order valence-electron chi connectivity index (χ4n) is 4.13. The van der Waals surface area contributed by atoms with Crippen molar-refractivity contribution >= 4 is 28.4 Å². The van der Waals surface area contributed by atoms with Gasteiger partial charge in [0.1, 0.15) is 0 Å². The molecule has 1 aliphatic heterocycles. The highest BCUT2D eigenvalue weighted by molar-refractivity contribution is 6.05. The lowest BCUT2D eigenvalue weighted by atomic mass is 10.1. The number of nitrogens with one attached hydrogen (secondary N) is 2. The van der Waals surface area contributed by atoms with Crippen LogP contribution in [0.5, 0.6) is 0 Å². The molecule has 0 unspecified atom stereocenters. The molecule has 1 fully saturated rings. The standard InChI is InChI=1S/C27H27N5O3/c33-26(28-11-12-31-13-15-35-16-14-31)21-7-4-8-24(17-21)32-25-18-23(10-9-22(25)19-29-32)30-27(34)20-5-2-1-3-6-20/h1-10,17-19H,11-16H2,(H,28,33)(H,30,34). The Morgan fingerprint density at radius 1 is 0.886 bits per heavy atom. The molecular weight excluding hydrogens is 442 g/mol. The minimum absolute atomic E-state index is 0.118. The summed E-state index contributed by atoms with van der Waals surface area (Å²) < 4.78 is 7.14. The minimum atomic E-state index is -0.174. The maximum Gasteiger partial charge on any atom is 0.255 e. The van der Waals surface area contributed by atoms with Crippen LogP contribution in [0.25, 0.3) is 16.6 Å². The monoisotopic (exact) mass is 469 g/mol. The van der Waals surface area contributed by atoms with Gasteiger partial charge in [-0.2, -0.15) is 5.10 Å². The van der Waals surface area contributed by atoms with E-state index in [1.165, 1.54) is 0 Å². The first kappa shape index (κ1) is 22.8. The van der Waals surface area contributed by atoms with Crippen molar-refractivity contribution < 1.29 is 14.3 Å². The Morgan fingerprint density at radius 3 is 2.51 bits per heavy atom. The first-order valence-electron chi connectivity index (χ1n) is 11.7. The number of hydrogen-bond donors (Lipinski definition) is 2. The van der Waals surface area contributed by atoms with Crippen LogP contribution in [-0.2, 0) is 4.74 Å². The van der Waals surface area contributed by atoms with Gasteiger partial charge in [-0.05, 0) is 48.5 Å². The predicted octanol–water partition coefficient (Wildman–Crippen LogP) is 3.34. The fraction of sp³-hybridized carbons (Fsp3) is 0.222. The number of nitrogens with zero attached hydrogens (tertiary/aromatic N) is 3. The number of ether oxygens (including phenoxy) is 1. The Labute approximate surface area is 203 Å². The van der Waals surface area contributed by atoms with Gasteiger partial charge in [-0.15, -0.1) is 0 Å². The Bertz CT molecular complexity index is 1330. The van der Waals surface area contributed by atoms with Gasteiger partial charge in [0, 0.05) is 48.4 Å². The lowest BCUT2D eigenvalue weighted by Crippen LogP contribution is -2.41. The number of fused-ring (bicyclic) bond motifs is 1. The van der Waals surface area contributed by atoms with Crippen LogP contribution >= 0.6 is 0 Å². The molecule has 0 spiro atoms. The number of rotatable bonds is 7. The Balaban J connectivity index is 1.30. The van der Waals surface area contributed by atoms with Crippen LogP contribution in [0.3, 0.4) is 0 Å². The zero-order chi connectivity index (χ0) is 24.0. The summed E-state index contributed by atoms with van der Waals surface area (Å²) in [5.74, 6) is -0.292. The van der Waals surface area contributed by atoms with Crippen LogP contribution in [-0.4, -0.2) is 65.9 Å². The second-order valence-electron chi connectivity index (χ2n) is 8.41. The highest BCUT2D eigenvalue weighted by Crippen LogP contribution is 2.23. The molecule has 0 atom stereocenters. The highest BCUT2D eigenvalue weighted by Gasteiger charge is 2.13. The molecule has 0 radical (unpaired) electrons. The van der Waals surface area contributed by atoms with Gasteiger partial charge in [0.2, 0.25) is 0 Å². The molecule has 0 saturated carbocycles. The van der Waals surface area contributed by atoms with Gasteiger partial charge in [0.25, 0.3) is 11.8 Å². The van der Waals surface area contributed by atoms with Crippen molar-refractivity contribution in [1.82, 2.24) is 20.0 Å². The second kappa shape index (κ2) is 10.5. The summed E-state index contributed by atoms with van der Waals surface area (Å²) in [4.78, 5) is 27.6. The van der Waals surface area contributed by atoms with Gasteiger partial charge in [0.15, 0.2) is 0 Å². The van der Waals surface area contributed by atoms with E-state index >= 15 is 0 Å².